The second-order valence-electron chi connectivity index (χ2n) is 7.33. The van der Waals surface area contributed by atoms with Gasteiger partial charge in [-0.15, -0.1) is 0 Å². The van der Waals surface area contributed by atoms with Crippen LogP contribution in [-0.2, 0) is 22.6 Å². The van der Waals surface area contributed by atoms with E-state index in [1.54, 1.807) is 6.92 Å². The second kappa shape index (κ2) is 10.6. The van der Waals surface area contributed by atoms with Crippen LogP contribution in [0.1, 0.15) is 18.1 Å². The maximum Gasteiger partial charge on any atom is 0.408 e. The molecule has 0 bridgehead atoms. The number of alkyl carbamates (subject to hydrolysis) is 1. The zero-order chi connectivity index (χ0) is 20.5. The Bertz CT molecular complexity index is 774. The molecule has 1 aliphatic rings. The predicted octanol–water partition coefficient (Wildman–Crippen LogP) is 2.69. The van der Waals surface area contributed by atoms with Gasteiger partial charge in [-0.25, -0.2) is 4.79 Å². The molecule has 0 radical (unpaired) electrons. The van der Waals surface area contributed by atoms with Crippen molar-refractivity contribution in [2.24, 2.45) is 0 Å². The van der Waals surface area contributed by atoms with Crippen molar-refractivity contribution >= 4 is 12.0 Å². The van der Waals surface area contributed by atoms with Crippen molar-refractivity contribution < 1.29 is 14.3 Å². The molecule has 0 unspecified atom stereocenters. The monoisotopic (exact) mass is 395 g/mol. The summed E-state index contributed by atoms with van der Waals surface area (Å²) in [5.41, 5.74) is 2.24. The van der Waals surface area contributed by atoms with Crippen molar-refractivity contribution in [3.63, 3.8) is 0 Å². The van der Waals surface area contributed by atoms with E-state index in [0.717, 1.165) is 31.6 Å². The number of carbonyl (C=O) groups is 2. The normalized spacial score (nSPS) is 15.6. The molecule has 6 heteroatoms. The molecule has 2 aromatic rings. The Labute approximate surface area is 172 Å². The summed E-state index contributed by atoms with van der Waals surface area (Å²) in [5.74, 6) is -0.0654. The highest BCUT2D eigenvalue weighted by Crippen LogP contribution is 2.07. The highest BCUT2D eigenvalue weighted by molar-refractivity contribution is 5.85. The summed E-state index contributed by atoms with van der Waals surface area (Å²) in [4.78, 5) is 28.8. The molecule has 1 atom stereocenters. The van der Waals surface area contributed by atoms with Gasteiger partial charge < -0.3 is 15.0 Å². The fourth-order valence-electron chi connectivity index (χ4n) is 3.40. The molecule has 1 N–H and O–H groups in total. The van der Waals surface area contributed by atoms with Gasteiger partial charge >= 0.3 is 6.09 Å². The van der Waals surface area contributed by atoms with E-state index in [0.29, 0.717) is 13.1 Å². The number of hydrogen-bond acceptors (Lipinski definition) is 4. The van der Waals surface area contributed by atoms with E-state index < -0.39 is 12.1 Å². The molecular formula is C23H29N3O3. The number of nitrogens with one attached hydrogen (secondary N) is 1. The van der Waals surface area contributed by atoms with Crippen LogP contribution in [-0.4, -0.2) is 60.6 Å². The second-order valence-corrected chi connectivity index (χ2v) is 7.33. The third kappa shape index (κ3) is 6.61. The minimum Gasteiger partial charge on any atom is -0.445 e. The highest BCUT2D eigenvalue weighted by atomic mass is 16.5. The zero-order valence-corrected chi connectivity index (χ0v) is 16.9. The molecular weight excluding hydrogens is 366 g/mol. The van der Waals surface area contributed by atoms with Crippen molar-refractivity contribution in [2.45, 2.75) is 26.0 Å². The SMILES string of the molecule is C[C@H](NC(=O)OCc1ccccc1)C(=O)N1CCN(CCc2ccccc2)CC1. The van der Waals surface area contributed by atoms with Crippen LogP contribution in [0.3, 0.4) is 0 Å². The van der Waals surface area contributed by atoms with Crippen molar-refractivity contribution in [1.29, 1.82) is 0 Å². The largest absolute Gasteiger partial charge is 0.445 e. The molecule has 6 nitrogen and oxygen atoms in total. The van der Waals surface area contributed by atoms with E-state index >= 15 is 0 Å². The van der Waals surface area contributed by atoms with E-state index in [4.69, 9.17) is 4.74 Å². The highest BCUT2D eigenvalue weighted by Gasteiger charge is 2.26. The minimum absolute atomic E-state index is 0.0654. The zero-order valence-electron chi connectivity index (χ0n) is 16.9. The number of benzene rings is 2. The first-order chi connectivity index (χ1) is 14.1. The smallest absolute Gasteiger partial charge is 0.408 e. The van der Waals surface area contributed by atoms with Crippen LogP contribution in [0.2, 0.25) is 0 Å². The summed E-state index contributed by atoms with van der Waals surface area (Å²) in [6, 6.07) is 19.3. The molecule has 29 heavy (non-hydrogen) atoms. The van der Waals surface area contributed by atoms with Crippen LogP contribution in [0.15, 0.2) is 60.7 Å². The van der Waals surface area contributed by atoms with Gasteiger partial charge in [0.15, 0.2) is 0 Å². The van der Waals surface area contributed by atoms with Crippen molar-refractivity contribution in [1.82, 2.24) is 15.1 Å². The Balaban J connectivity index is 1.36. The molecule has 1 fully saturated rings. The Morgan fingerprint density at radius 1 is 0.931 bits per heavy atom. The summed E-state index contributed by atoms with van der Waals surface area (Å²) in [6.45, 7) is 5.94. The third-order valence-corrected chi connectivity index (χ3v) is 5.16. The number of amides is 2. The number of carbonyl (C=O) groups excluding carboxylic acids is 2. The van der Waals surface area contributed by atoms with Gasteiger partial charge in [-0.3, -0.25) is 9.69 Å². The molecule has 0 spiro atoms. The van der Waals surface area contributed by atoms with E-state index in [9.17, 15) is 9.59 Å². The number of hydrogen-bond donors (Lipinski definition) is 1. The third-order valence-electron chi connectivity index (χ3n) is 5.16. The summed E-state index contributed by atoms with van der Waals surface area (Å²) < 4.78 is 5.20. The molecule has 2 amide bonds. The fraction of sp³-hybridized carbons (Fsp3) is 0.391. The topological polar surface area (TPSA) is 61.9 Å². The molecule has 0 aromatic heterocycles. The molecule has 154 valence electrons. The average molecular weight is 396 g/mol. The van der Waals surface area contributed by atoms with Crippen LogP contribution >= 0.6 is 0 Å². The number of ether oxygens (including phenoxy) is 1. The van der Waals surface area contributed by atoms with Crippen molar-refractivity contribution in [3.05, 3.63) is 71.8 Å². The van der Waals surface area contributed by atoms with Crippen molar-refractivity contribution in [2.75, 3.05) is 32.7 Å². The Kier molecular flexibility index (Phi) is 7.64. The summed E-state index contributed by atoms with van der Waals surface area (Å²) in [5, 5.41) is 2.64. The van der Waals surface area contributed by atoms with Crippen LogP contribution in [0, 0.1) is 0 Å². The average Bonchev–Trinajstić information content (AvgIpc) is 2.77. The minimum atomic E-state index is -0.603. The standard InChI is InChI=1S/C23H29N3O3/c1-19(24-23(28)29-18-21-10-6-3-7-11-21)22(27)26-16-14-25(15-17-26)13-12-20-8-4-2-5-9-20/h2-11,19H,12-18H2,1H3,(H,24,28)/t19-/m0/s1. The van der Waals surface area contributed by atoms with Crippen LogP contribution in [0.25, 0.3) is 0 Å². The first-order valence-electron chi connectivity index (χ1n) is 10.1. The predicted molar refractivity (Wildman–Crippen MR) is 112 cm³/mol. The molecule has 1 heterocycles. The van der Waals surface area contributed by atoms with Crippen LogP contribution in [0.5, 0.6) is 0 Å². The first-order valence-corrected chi connectivity index (χ1v) is 10.1. The lowest BCUT2D eigenvalue weighted by molar-refractivity contribution is -0.134. The van der Waals surface area contributed by atoms with Crippen LogP contribution < -0.4 is 5.32 Å². The Morgan fingerprint density at radius 2 is 1.52 bits per heavy atom. The molecule has 1 aliphatic heterocycles. The van der Waals surface area contributed by atoms with Gasteiger partial charge in [-0.1, -0.05) is 60.7 Å². The Hall–Kier alpha value is -2.86. The maximum absolute atomic E-state index is 12.6. The summed E-state index contributed by atoms with van der Waals surface area (Å²) in [7, 11) is 0. The number of rotatable bonds is 7. The number of nitrogens with zero attached hydrogens (tertiary/aromatic N) is 2. The molecule has 2 aromatic carbocycles. The van der Waals surface area contributed by atoms with E-state index in [2.05, 4.69) is 34.5 Å². The molecule has 1 saturated heterocycles. The fourth-order valence-corrected chi connectivity index (χ4v) is 3.40. The lowest BCUT2D eigenvalue weighted by atomic mass is 10.1. The van der Waals surface area contributed by atoms with Gasteiger partial charge in [0.25, 0.3) is 0 Å². The number of piperazine rings is 1. The summed E-state index contributed by atoms with van der Waals surface area (Å²) in [6.07, 6.45) is 0.441. The summed E-state index contributed by atoms with van der Waals surface area (Å²) >= 11 is 0. The molecule has 0 saturated carbocycles. The maximum atomic E-state index is 12.6. The Morgan fingerprint density at radius 3 is 2.14 bits per heavy atom. The molecule has 0 aliphatic carbocycles. The van der Waals surface area contributed by atoms with Gasteiger partial charge in [0, 0.05) is 32.7 Å². The van der Waals surface area contributed by atoms with Gasteiger partial charge in [-0.05, 0) is 24.5 Å². The van der Waals surface area contributed by atoms with Crippen LogP contribution in [0.4, 0.5) is 4.79 Å². The van der Waals surface area contributed by atoms with E-state index in [1.165, 1.54) is 5.56 Å². The van der Waals surface area contributed by atoms with Crippen molar-refractivity contribution in [3.8, 4) is 0 Å². The van der Waals surface area contributed by atoms with Gasteiger partial charge in [-0.2, -0.15) is 0 Å². The van der Waals surface area contributed by atoms with Gasteiger partial charge in [0.1, 0.15) is 12.6 Å². The van der Waals surface area contributed by atoms with Gasteiger partial charge in [0.2, 0.25) is 5.91 Å². The lowest BCUT2D eigenvalue weighted by Crippen LogP contribution is -2.54. The van der Waals surface area contributed by atoms with E-state index in [-0.39, 0.29) is 12.5 Å². The van der Waals surface area contributed by atoms with E-state index in [1.807, 2.05) is 41.3 Å². The first kappa shape index (κ1) is 20.9. The quantitative estimate of drug-likeness (QED) is 0.783. The lowest BCUT2D eigenvalue weighted by Gasteiger charge is -2.36. The van der Waals surface area contributed by atoms with Gasteiger partial charge in [0.05, 0.1) is 0 Å². The molecule has 3 rings (SSSR count).